The standard InChI is InChI=1S/C22H12Cl2N2O3/c1-26-18-8-12(29-22(18)25-21(26)11-5-3-2-4-6-11)7-15-19(27)13-9-16(23)17(24)10-14(13)20(15)28/h2-10H,1H3. The van der Waals surface area contributed by atoms with Gasteiger partial charge in [-0.25, -0.2) is 0 Å². The van der Waals surface area contributed by atoms with E-state index in [4.69, 9.17) is 27.6 Å². The van der Waals surface area contributed by atoms with E-state index in [0.29, 0.717) is 11.5 Å². The Morgan fingerprint density at radius 3 is 2.17 bits per heavy atom. The third-order valence-corrected chi connectivity index (χ3v) is 5.68. The number of rotatable bonds is 2. The fourth-order valence-corrected chi connectivity index (χ4v) is 3.83. The fourth-order valence-electron chi connectivity index (χ4n) is 3.50. The molecule has 4 aromatic rings. The van der Waals surface area contributed by atoms with E-state index in [0.717, 1.165) is 16.9 Å². The van der Waals surface area contributed by atoms with Crippen molar-refractivity contribution < 1.29 is 14.0 Å². The summed E-state index contributed by atoms with van der Waals surface area (Å²) in [7, 11) is 1.88. The Hall–Kier alpha value is -3.15. The van der Waals surface area contributed by atoms with E-state index in [1.165, 1.54) is 18.2 Å². The number of aryl methyl sites for hydroxylation is 1. The molecule has 0 fully saturated rings. The molecule has 5 rings (SSSR count). The zero-order valence-electron chi connectivity index (χ0n) is 15.1. The van der Waals surface area contributed by atoms with Crippen LogP contribution in [-0.4, -0.2) is 21.1 Å². The van der Waals surface area contributed by atoms with Crippen LogP contribution in [-0.2, 0) is 7.05 Å². The highest BCUT2D eigenvalue weighted by Gasteiger charge is 2.34. The second-order valence-electron chi connectivity index (χ2n) is 6.73. The molecule has 0 saturated heterocycles. The number of Topliss-reactive ketones (excluding diaryl/α,β-unsaturated/α-hetero) is 2. The second kappa shape index (κ2) is 6.44. The molecule has 0 amide bonds. The van der Waals surface area contributed by atoms with Crippen LogP contribution in [0.25, 0.3) is 28.7 Å². The van der Waals surface area contributed by atoms with Crippen molar-refractivity contribution in [2.45, 2.75) is 0 Å². The average molecular weight is 423 g/mol. The highest BCUT2D eigenvalue weighted by Crippen LogP contribution is 2.35. The van der Waals surface area contributed by atoms with Gasteiger partial charge in [-0.1, -0.05) is 53.5 Å². The molecule has 29 heavy (non-hydrogen) atoms. The van der Waals surface area contributed by atoms with Gasteiger partial charge in [-0.05, 0) is 18.2 Å². The van der Waals surface area contributed by atoms with E-state index < -0.39 is 11.6 Å². The molecule has 142 valence electrons. The largest absolute Gasteiger partial charge is 0.437 e. The molecule has 0 spiro atoms. The summed E-state index contributed by atoms with van der Waals surface area (Å²) in [4.78, 5) is 29.9. The maximum absolute atomic E-state index is 12.7. The molecule has 1 aliphatic rings. The maximum Gasteiger partial charge on any atom is 0.245 e. The lowest BCUT2D eigenvalue weighted by molar-refractivity contribution is 0.0990. The molecular weight excluding hydrogens is 411 g/mol. The van der Waals surface area contributed by atoms with Gasteiger partial charge < -0.3 is 8.98 Å². The minimum Gasteiger partial charge on any atom is -0.437 e. The van der Waals surface area contributed by atoms with Gasteiger partial charge in [-0.2, -0.15) is 4.98 Å². The molecule has 2 heterocycles. The van der Waals surface area contributed by atoms with Crippen molar-refractivity contribution in [1.82, 2.24) is 9.55 Å². The zero-order valence-corrected chi connectivity index (χ0v) is 16.6. The molecule has 0 atom stereocenters. The monoisotopic (exact) mass is 422 g/mol. The number of allylic oxidation sites excluding steroid dienone is 1. The smallest absolute Gasteiger partial charge is 0.245 e. The Balaban J connectivity index is 1.56. The van der Waals surface area contributed by atoms with Crippen LogP contribution >= 0.6 is 23.2 Å². The first-order valence-corrected chi connectivity index (χ1v) is 9.51. The van der Waals surface area contributed by atoms with Gasteiger partial charge in [0.2, 0.25) is 5.71 Å². The van der Waals surface area contributed by atoms with Crippen molar-refractivity contribution in [3.8, 4) is 11.4 Å². The van der Waals surface area contributed by atoms with Crippen LogP contribution in [0.3, 0.4) is 0 Å². The van der Waals surface area contributed by atoms with Gasteiger partial charge in [-0.15, -0.1) is 0 Å². The molecule has 0 N–H and O–H groups in total. The van der Waals surface area contributed by atoms with Crippen molar-refractivity contribution in [2.75, 3.05) is 0 Å². The number of fused-ring (bicyclic) bond motifs is 2. The van der Waals surface area contributed by atoms with E-state index in [1.807, 2.05) is 41.9 Å². The van der Waals surface area contributed by atoms with E-state index in [2.05, 4.69) is 4.98 Å². The van der Waals surface area contributed by atoms with Crippen molar-refractivity contribution in [2.24, 2.45) is 7.05 Å². The number of furan rings is 1. The van der Waals surface area contributed by atoms with Gasteiger partial charge in [0.1, 0.15) is 17.1 Å². The van der Waals surface area contributed by atoms with Crippen LogP contribution in [0.2, 0.25) is 10.0 Å². The topological polar surface area (TPSA) is 65.1 Å². The van der Waals surface area contributed by atoms with Crippen LogP contribution in [0.4, 0.5) is 0 Å². The lowest BCUT2D eigenvalue weighted by Gasteiger charge is -2.01. The Labute approximate surface area is 175 Å². The first-order chi connectivity index (χ1) is 13.9. The first-order valence-electron chi connectivity index (χ1n) is 8.76. The molecule has 5 nitrogen and oxygen atoms in total. The first kappa shape index (κ1) is 17.9. The third kappa shape index (κ3) is 2.74. The summed E-state index contributed by atoms with van der Waals surface area (Å²) in [5, 5.41) is 0.461. The molecule has 0 radical (unpaired) electrons. The quantitative estimate of drug-likeness (QED) is 0.311. The second-order valence-corrected chi connectivity index (χ2v) is 7.54. The minimum absolute atomic E-state index is 0.0145. The summed E-state index contributed by atoms with van der Waals surface area (Å²) in [6.45, 7) is 0. The molecule has 0 bridgehead atoms. The number of hydrogen-bond donors (Lipinski definition) is 0. The number of carbonyl (C=O) groups is 2. The maximum atomic E-state index is 12.7. The number of hydrogen-bond acceptors (Lipinski definition) is 4. The molecule has 0 saturated carbocycles. The number of halogens is 2. The molecule has 0 aliphatic heterocycles. The fraction of sp³-hybridized carbons (Fsp3) is 0.0455. The van der Waals surface area contributed by atoms with Crippen molar-refractivity contribution in [3.05, 3.63) is 81.0 Å². The molecule has 7 heteroatoms. The van der Waals surface area contributed by atoms with Crippen LogP contribution in [0.5, 0.6) is 0 Å². The number of carbonyl (C=O) groups excluding carboxylic acids is 2. The van der Waals surface area contributed by atoms with Gasteiger partial charge in [0.25, 0.3) is 0 Å². The molecule has 1 aliphatic carbocycles. The van der Waals surface area contributed by atoms with Gasteiger partial charge >= 0.3 is 0 Å². The SMILES string of the molecule is Cn1c(-c2ccccc2)nc2oc(C=C3C(=O)c4cc(Cl)c(Cl)cc4C3=O)cc21. The Bertz CT molecular complexity index is 1320. The van der Waals surface area contributed by atoms with Crippen LogP contribution in [0.1, 0.15) is 26.5 Å². The van der Waals surface area contributed by atoms with Gasteiger partial charge in [0, 0.05) is 29.8 Å². The Morgan fingerprint density at radius 1 is 0.966 bits per heavy atom. The number of nitrogens with zero attached hydrogens (tertiary/aromatic N) is 2. The summed E-state index contributed by atoms with van der Waals surface area (Å²) >= 11 is 12.0. The highest BCUT2D eigenvalue weighted by molar-refractivity contribution is 6.46. The number of benzene rings is 2. The average Bonchev–Trinajstić information content (AvgIpc) is 3.32. The van der Waals surface area contributed by atoms with E-state index in [9.17, 15) is 9.59 Å². The molecular formula is C22H12Cl2N2O3. The summed E-state index contributed by atoms with van der Waals surface area (Å²) in [6.07, 6.45) is 1.44. The summed E-state index contributed by atoms with van der Waals surface area (Å²) in [6, 6.07) is 14.4. The highest BCUT2D eigenvalue weighted by atomic mass is 35.5. The van der Waals surface area contributed by atoms with Crippen LogP contribution < -0.4 is 0 Å². The summed E-state index contributed by atoms with van der Waals surface area (Å²) < 4.78 is 7.70. The number of imidazole rings is 1. The van der Waals surface area contributed by atoms with Crippen LogP contribution in [0.15, 0.2) is 58.5 Å². The lowest BCUT2D eigenvalue weighted by atomic mass is 10.1. The molecule has 0 unspecified atom stereocenters. The van der Waals surface area contributed by atoms with E-state index in [-0.39, 0.29) is 26.7 Å². The summed E-state index contributed by atoms with van der Waals surface area (Å²) in [5.74, 6) is 0.339. The van der Waals surface area contributed by atoms with Crippen molar-refractivity contribution in [3.63, 3.8) is 0 Å². The third-order valence-electron chi connectivity index (χ3n) is 4.96. The van der Waals surface area contributed by atoms with Crippen LogP contribution in [0, 0.1) is 0 Å². The Morgan fingerprint density at radius 2 is 1.59 bits per heavy atom. The van der Waals surface area contributed by atoms with Crippen molar-refractivity contribution >= 4 is 52.1 Å². The lowest BCUT2D eigenvalue weighted by Crippen LogP contribution is -1.99. The minimum atomic E-state index is -0.401. The van der Waals surface area contributed by atoms with Gasteiger partial charge in [0.15, 0.2) is 11.6 Å². The predicted octanol–water partition coefficient (Wildman–Crippen LogP) is 5.60. The normalized spacial score (nSPS) is 13.4. The Kier molecular flexibility index (Phi) is 3.98. The van der Waals surface area contributed by atoms with E-state index in [1.54, 1.807) is 6.07 Å². The summed E-state index contributed by atoms with van der Waals surface area (Å²) in [5.41, 5.74) is 2.66. The molecule has 2 aromatic heterocycles. The zero-order chi connectivity index (χ0) is 20.3. The number of aromatic nitrogens is 2. The van der Waals surface area contributed by atoms with E-state index >= 15 is 0 Å². The van der Waals surface area contributed by atoms with Gasteiger partial charge in [-0.3, -0.25) is 9.59 Å². The van der Waals surface area contributed by atoms with Crippen molar-refractivity contribution in [1.29, 1.82) is 0 Å². The number of ketones is 2. The van der Waals surface area contributed by atoms with Gasteiger partial charge in [0.05, 0.1) is 15.6 Å². The predicted molar refractivity (Wildman–Crippen MR) is 112 cm³/mol. The molecule has 2 aromatic carbocycles.